The van der Waals surface area contributed by atoms with Gasteiger partial charge in [-0.1, -0.05) is 0 Å². The van der Waals surface area contributed by atoms with Crippen LogP contribution in [0.25, 0.3) is 0 Å². The summed E-state index contributed by atoms with van der Waals surface area (Å²) in [5, 5.41) is 4.28. The summed E-state index contributed by atoms with van der Waals surface area (Å²) >= 11 is 5.50. The lowest BCUT2D eigenvalue weighted by Gasteiger charge is -2.27. The Hall–Kier alpha value is -0.390. The molecule has 1 atom stereocenters. The van der Waals surface area contributed by atoms with Crippen LogP contribution in [0.15, 0.2) is 0 Å². The second kappa shape index (κ2) is 7.26. The molecule has 2 fully saturated rings. The number of thiocarbonyl (C=S) groups is 1. The van der Waals surface area contributed by atoms with E-state index >= 15 is 0 Å². The lowest BCUT2D eigenvalue weighted by Crippen LogP contribution is -2.44. The van der Waals surface area contributed by atoms with Gasteiger partial charge in [0.1, 0.15) is 0 Å². The highest BCUT2D eigenvalue weighted by molar-refractivity contribution is 7.80. The van der Waals surface area contributed by atoms with E-state index in [0.29, 0.717) is 0 Å². The first-order valence-corrected chi connectivity index (χ1v) is 7.48. The van der Waals surface area contributed by atoms with Crippen molar-refractivity contribution >= 4 is 17.3 Å². The van der Waals surface area contributed by atoms with Gasteiger partial charge < -0.3 is 15.0 Å². The van der Waals surface area contributed by atoms with Gasteiger partial charge in [-0.15, -0.1) is 0 Å². The van der Waals surface area contributed by atoms with Gasteiger partial charge in [0.2, 0.25) is 0 Å². The predicted molar refractivity (Wildman–Crippen MR) is 77.9 cm³/mol. The van der Waals surface area contributed by atoms with Gasteiger partial charge in [0.15, 0.2) is 5.11 Å². The van der Waals surface area contributed by atoms with Crippen LogP contribution < -0.4 is 5.32 Å². The summed E-state index contributed by atoms with van der Waals surface area (Å²) in [6.45, 7) is 6.45. The monoisotopic (exact) mass is 271 g/mol. The average molecular weight is 271 g/mol. The quantitative estimate of drug-likeness (QED) is 0.610. The minimum absolute atomic E-state index is 0.728. The molecule has 0 spiro atoms. The van der Waals surface area contributed by atoms with Crippen LogP contribution in [-0.4, -0.2) is 67.4 Å². The molecule has 0 amide bonds. The Balaban J connectivity index is 1.75. The summed E-state index contributed by atoms with van der Waals surface area (Å²) in [7, 11) is 1.74. The van der Waals surface area contributed by atoms with Crippen LogP contribution in [0.1, 0.15) is 25.7 Å². The van der Waals surface area contributed by atoms with Crippen LogP contribution in [0.2, 0.25) is 0 Å². The second-order valence-electron chi connectivity index (χ2n) is 5.21. The van der Waals surface area contributed by atoms with E-state index in [4.69, 9.17) is 17.0 Å². The number of hydrogen-bond acceptors (Lipinski definition) is 3. The number of ether oxygens (including phenoxy) is 1. The van der Waals surface area contributed by atoms with E-state index in [1.807, 2.05) is 0 Å². The van der Waals surface area contributed by atoms with E-state index in [2.05, 4.69) is 15.1 Å². The molecule has 2 aliphatic heterocycles. The maximum atomic E-state index is 5.50. The fraction of sp³-hybridized carbons (Fsp3) is 0.923. The molecule has 0 aromatic carbocycles. The number of nitrogens with one attached hydrogen (secondary N) is 1. The van der Waals surface area contributed by atoms with Gasteiger partial charge in [-0.2, -0.15) is 0 Å². The molecule has 2 rings (SSSR count). The fourth-order valence-electron chi connectivity index (χ4n) is 2.91. The second-order valence-corrected chi connectivity index (χ2v) is 5.60. The SMILES string of the molecule is COCCCNC(=S)N1CCCN2CCCC2C1. The van der Waals surface area contributed by atoms with Crippen LogP contribution in [-0.2, 0) is 4.74 Å². The zero-order valence-electron chi connectivity index (χ0n) is 11.4. The third-order valence-corrected chi connectivity index (χ3v) is 4.29. The highest BCUT2D eigenvalue weighted by Crippen LogP contribution is 2.21. The molecule has 4 nitrogen and oxygen atoms in total. The van der Waals surface area contributed by atoms with Gasteiger partial charge in [0, 0.05) is 45.9 Å². The highest BCUT2D eigenvalue weighted by Gasteiger charge is 2.29. The van der Waals surface area contributed by atoms with Crippen molar-refractivity contribution in [1.29, 1.82) is 0 Å². The highest BCUT2D eigenvalue weighted by atomic mass is 32.1. The number of fused-ring (bicyclic) bond motifs is 1. The van der Waals surface area contributed by atoms with Crippen LogP contribution in [0.4, 0.5) is 0 Å². The van der Waals surface area contributed by atoms with E-state index in [1.165, 1.54) is 32.4 Å². The van der Waals surface area contributed by atoms with E-state index < -0.39 is 0 Å². The largest absolute Gasteiger partial charge is 0.385 e. The number of nitrogens with zero attached hydrogens (tertiary/aromatic N) is 2. The molecular weight excluding hydrogens is 246 g/mol. The molecule has 0 aliphatic carbocycles. The van der Waals surface area contributed by atoms with Gasteiger partial charge in [0.25, 0.3) is 0 Å². The maximum absolute atomic E-state index is 5.50. The molecule has 0 aromatic heterocycles. The summed E-state index contributed by atoms with van der Waals surface area (Å²) in [6.07, 6.45) is 4.94. The molecule has 1 N–H and O–H groups in total. The van der Waals surface area contributed by atoms with Crippen LogP contribution >= 0.6 is 12.2 Å². The fourth-order valence-corrected chi connectivity index (χ4v) is 3.18. The summed E-state index contributed by atoms with van der Waals surface area (Å²) in [5.74, 6) is 0. The zero-order chi connectivity index (χ0) is 12.8. The van der Waals surface area contributed by atoms with Crippen molar-refractivity contribution in [2.75, 3.05) is 46.4 Å². The Labute approximate surface area is 116 Å². The smallest absolute Gasteiger partial charge is 0.168 e. The van der Waals surface area contributed by atoms with Crippen molar-refractivity contribution in [2.45, 2.75) is 31.7 Å². The van der Waals surface area contributed by atoms with Crippen molar-refractivity contribution in [1.82, 2.24) is 15.1 Å². The molecule has 18 heavy (non-hydrogen) atoms. The molecule has 0 bridgehead atoms. The number of rotatable bonds is 4. The summed E-state index contributed by atoms with van der Waals surface area (Å²) < 4.78 is 5.04. The van der Waals surface area contributed by atoms with Crippen molar-refractivity contribution in [3.63, 3.8) is 0 Å². The van der Waals surface area contributed by atoms with E-state index in [9.17, 15) is 0 Å². The standard InChI is InChI=1S/C13H25N3OS/c1-17-10-3-6-14-13(18)16-9-4-8-15-7-2-5-12(15)11-16/h12H,2-11H2,1H3,(H,14,18). The topological polar surface area (TPSA) is 27.7 Å². The normalized spacial score (nSPS) is 24.7. The van der Waals surface area contributed by atoms with E-state index in [-0.39, 0.29) is 0 Å². The third kappa shape index (κ3) is 3.80. The molecule has 104 valence electrons. The van der Waals surface area contributed by atoms with Crippen molar-refractivity contribution in [2.24, 2.45) is 0 Å². The van der Waals surface area contributed by atoms with Crippen LogP contribution in [0, 0.1) is 0 Å². The lowest BCUT2D eigenvalue weighted by molar-refractivity contribution is 0.195. The molecule has 2 aliphatic rings. The third-order valence-electron chi connectivity index (χ3n) is 3.89. The van der Waals surface area contributed by atoms with Gasteiger partial charge in [0.05, 0.1) is 0 Å². The molecule has 0 radical (unpaired) electrons. The Morgan fingerprint density at radius 1 is 1.33 bits per heavy atom. The Morgan fingerprint density at radius 3 is 3.00 bits per heavy atom. The maximum Gasteiger partial charge on any atom is 0.168 e. The lowest BCUT2D eigenvalue weighted by atomic mass is 10.2. The van der Waals surface area contributed by atoms with Gasteiger partial charge in [-0.05, 0) is 44.4 Å². The Kier molecular flexibility index (Phi) is 5.66. The van der Waals surface area contributed by atoms with Crippen LogP contribution in [0.3, 0.4) is 0 Å². The number of hydrogen-bond donors (Lipinski definition) is 1. The Bertz CT molecular complexity index is 275. The van der Waals surface area contributed by atoms with E-state index in [1.54, 1.807) is 7.11 Å². The number of methoxy groups -OCH3 is 1. The molecule has 1 unspecified atom stereocenters. The summed E-state index contributed by atoms with van der Waals surface area (Å²) in [5.41, 5.74) is 0. The van der Waals surface area contributed by atoms with Crippen molar-refractivity contribution in [3.05, 3.63) is 0 Å². The predicted octanol–water partition coefficient (Wildman–Crippen LogP) is 1.07. The molecule has 5 heteroatoms. The van der Waals surface area contributed by atoms with Crippen molar-refractivity contribution < 1.29 is 4.74 Å². The van der Waals surface area contributed by atoms with Gasteiger partial charge in [-0.3, -0.25) is 4.90 Å². The molecule has 2 heterocycles. The molecule has 0 saturated carbocycles. The average Bonchev–Trinajstić information content (AvgIpc) is 2.71. The first kappa shape index (κ1) is 14.0. The van der Waals surface area contributed by atoms with E-state index in [0.717, 1.165) is 43.8 Å². The summed E-state index contributed by atoms with van der Waals surface area (Å²) in [4.78, 5) is 4.99. The molecule has 0 aromatic rings. The molecular formula is C13H25N3OS. The minimum Gasteiger partial charge on any atom is -0.385 e. The molecule has 2 saturated heterocycles. The minimum atomic E-state index is 0.728. The van der Waals surface area contributed by atoms with Gasteiger partial charge in [-0.25, -0.2) is 0 Å². The first-order valence-electron chi connectivity index (χ1n) is 7.07. The Morgan fingerprint density at radius 2 is 2.17 bits per heavy atom. The van der Waals surface area contributed by atoms with Crippen LogP contribution in [0.5, 0.6) is 0 Å². The van der Waals surface area contributed by atoms with Gasteiger partial charge >= 0.3 is 0 Å². The zero-order valence-corrected chi connectivity index (χ0v) is 12.2. The van der Waals surface area contributed by atoms with Crippen molar-refractivity contribution in [3.8, 4) is 0 Å². The first-order chi connectivity index (χ1) is 8.81. The summed E-state index contributed by atoms with van der Waals surface area (Å²) in [6, 6.07) is 0.728.